The topological polar surface area (TPSA) is 34.4 Å². The van der Waals surface area contributed by atoms with Gasteiger partial charge < -0.3 is 14.5 Å². The minimum Gasteiger partial charge on any atom is -0.488 e. The summed E-state index contributed by atoms with van der Waals surface area (Å²) in [6.07, 6.45) is 2.84. The van der Waals surface area contributed by atoms with Gasteiger partial charge in [-0.05, 0) is 36.6 Å². The smallest absolute Gasteiger partial charge is 0.124 e. The van der Waals surface area contributed by atoms with Gasteiger partial charge in [0.1, 0.15) is 18.1 Å². The highest BCUT2D eigenvalue weighted by Gasteiger charge is 2.11. The Morgan fingerprint density at radius 1 is 1.19 bits per heavy atom. The number of nitrogens with one attached hydrogen (secondary N) is 1. The van der Waals surface area contributed by atoms with Crippen molar-refractivity contribution in [2.24, 2.45) is 0 Å². The van der Waals surface area contributed by atoms with Crippen LogP contribution < -0.4 is 10.1 Å². The van der Waals surface area contributed by atoms with Crippen LogP contribution in [0.5, 0.6) is 5.75 Å². The Morgan fingerprint density at radius 3 is 2.76 bits per heavy atom. The highest BCUT2D eigenvalue weighted by molar-refractivity contribution is 5.36. The van der Waals surface area contributed by atoms with Crippen molar-refractivity contribution >= 4 is 0 Å². The molecule has 3 nitrogen and oxygen atoms in total. The van der Waals surface area contributed by atoms with E-state index in [9.17, 15) is 0 Å². The van der Waals surface area contributed by atoms with E-state index in [0.29, 0.717) is 12.5 Å². The normalized spacial score (nSPS) is 12.3. The van der Waals surface area contributed by atoms with E-state index in [0.717, 1.165) is 36.6 Å². The lowest BCUT2D eigenvalue weighted by atomic mass is 9.98. The molecule has 0 aliphatic carbocycles. The van der Waals surface area contributed by atoms with Gasteiger partial charge >= 0.3 is 0 Å². The first-order valence-corrected chi connectivity index (χ1v) is 7.73. The number of furan rings is 1. The Hall–Kier alpha value is -1.74. The SMILES string of the molecule is CCNCc1occc1COc1ccccc1C(C)CC. The lowest BCUT2D eigenvalue weighted by molar-refractivity contribution is 0.296. The highest BCUT2D eigenvalue weighted by atomic mass is 16.5. The zero-order valence-corrected chi connectivity index (χ0v) is 13.2. The third-order valence-corrected chi connectivity index (χ3v) is 3.82. The van der Waals surface area contributed by atoms with E-state index < -0.39 is 0 Å². The lowest BCUT2D eigenvalue weighted by Gasteiger charge is -2.15. The van der Waals surface area contributed by atoms with E-state index in [1.54, 1.807) is 6.26 Å². The molecule has 114 valence electrons. The maximum atomic E-state index is 6.04. The highest BCUT2D eigenvalue weighted by Crippen LogP contribution is 2.29. The molecule has 1 atom stereocenters. The molecule has 1 unspecified atom stereocenters. The molecule has 3 heteroatoms. The number of benzene rings is 1. The van der Waals surface area contributed by atoms with Crippen LogP contribution in [-0.4, -0.2) is 6.54 Å². The molecule has 1 heterocycles. The van der Waals surface area contributed by atoms with Crippen LogP contribution in [0.3, 0.4) is 0 Å². The molecule has 0 aliphatic rings. The van der Waals surface area contributed by atoms with Crippen molar-refractivity contribution in [1.82, 2.24) is 5.32 Å². The molecule has 0 saturated heterocycles. The van der Waals surface area contributed by atoms with Crippen LogP contribution in [0.1, 0.15) is 50.0 Å². The maximum absolute atomic E-state index is 6.04. The molecule has 2 aromatic rings. The average molecular weight is 287 g/mol. The summed E-state index contributed by atoms with van der Waals surface area (Å²) in [7, 11) is 0. The summed E-state index contributed by atoms with van der Waals surface area (Å²) in [6, 6.07) is 10.3. The third-order valence-electron chi connectivity index (χ3n) is 3.82. The first kappa shape index (κ1) is 15.6. The van der Waals surface area contributed by atoms with E-state index in [4.69, 9.17) is 9.15 Å². The number of rotatable bonds is 8. The van der Waals surface area contributed by atoms with Gasteiger partial charge in [-0.2, -0.15) is 0 Å². The Morgan fingerprint density at radius 2 is 2.00 bits per heavy atom. The van der Waals surface area contributed by atoms with Gasteiger partial charge in [0, 0.05) is 5.56 Å². The second kappa shape index (κ2) is 7.89. The Bertz CT molecular complexity index is 548. The van der Waals surface area contributed by atoms with Crippen LogP contribution in [0, 0.1) is 0 Å². The first-order valence-electron chi connectivity index (χ1n) is 7.73. The van der Waals surface area contributed by atoms with Crippen molar-refractivity contribution in [3.05, 3.63) is 53.5 Å². The van der Waals surface area contributed by atoms with Crippen molar-refractivity contribution < 1.29 is 9.15 Å². The molecule has 1 aromatic carbocycles. The molecule has 1 aromatic heterocycles. The van der Waals surface area contributed by atoms with Gasteiger partial charge in [-0.25, -0.2) is 0 Å². The molecular formula is C18H25NO2. The van der Waals surface area contributed by atoms with Gasteiger partial charge in [0.05, 0.1) is 12.8 Å². The summed E-state index contributed by atoms with van der Waals surface area (Å²) in [4.78, 5) is 0. The van der Waals surface area contributed by atoms with Crippen molar-refractivity contribution in [3.63, 3.8) is 0 Å². The fourth-order valence-corrected chi connectivity index (χ4v) is 2.28. The van der Waals surface area contributed by atoms with E-state index in [1.807, 2.05) is 18.2 Å². The predicted molar refractivity (Wildman–Crippen MR) is 85.6 cm³/mol. The molecule has 21 heavy (non-hydrogen) atoms. The fraction of sp³-hybridized carbons (Fsp3) is 0.444. The Labute approximate surface area is 127 Å². The van der Waals surface area contributed by atoms with E-state index in [2.05, 4.69) is 38.2 Å². The second-order valence-electron chi connectivity index (χ2n) is 5.29. The fourth-order valence-electron chi connectivity index (χ4n) is 2.28. The minimum atomic E-state index is 0.506. The second-order valence-corrected chi connectivity index (χ2v) is 5.29. The van der Waals surface area contributed by atoms with Crippen LogP contribution in [0.2, 0.25) is 0 Å². The van der Waals surface area contributed by atoms with Crippen molar-refractivity contribution in [1.29, 1.82) is 0 Å². The molecule has 0 aliphatic heterocycles. The van der Waals surface area contributed by atoms with Gasteiger partial charge in [-0.3, -0.25) is 0 Å². The molecule has 0 bridgehead atoms. The summed E-state index contributed by atoms with van der Waals surface area (Å²) in [5, 5.41) is 3.28. The van der Waals surface area contributed by atoms with Crippen LogP contribution in [-0.2, 0) is 13.2 Å². The molecule has 2 rings (SSSR count). The van der Waals surface area contributed by atoms with Crippen molar-refractivity contribution in [3.8, 4) is 5.75 Å². The largest absolute Gasteiger partial charge is 0.488 e. The van der Waals surface area contributed by atoms with Gasteiger partial charge in [-0.15, -0.1) is 0 Å². The van der Waals surface area contributed by atoms with Gasteiger partial charge in [0.2, 0.25) is 0 Å². The van der Waals surface area contributed by atoms with Crippen LogP contribution in [0.15, 0.2) is 41.0 Å². The van der Waals surface area contributed by atoms with Gasteiger partial charge in [0.15, 0.2) is 0 Å². The lowest BCUT2D eigenvalue weighted by Crippen LogP contribution is -2.13. The van der Waals surface area contributed by atoms with E-state index in [1.165, 1.54) is 5.56 Å². The number of hydrogen-bond donors (Lipinski definition) is 1. The molecular weight excluding hydrogens is 262 g/mol. The van der Waals surface area contributed by atoms with Crippen LogP contribution in [0.4, 0.5) is 0 Å². The zero-order valence-electron chi connectivity index (χ0n) is 13.2. The number of para-hydroxylation sites is 1. The predicted octanol–water partition coefficient (Wildman–Crippen LogP) is 4.48. The number of hydrogen-bond acceptors (Lipinski definition) is 3. The van der Waals surface area contributed by atoms with Crippen molar-refractivity contribution in [2.45, 2.75) is 46.3 Å². The zero-order chi connectivity index (χ0) is 15.1. The maximum Gasteiger partial charge on any atom is 0.124 e. The molecule has 0 saturated carbocycles. The molecule has 1 N–H and O–H groups in total. The summed E-state index contributed by atoms with van der Waals surface area (Å²) in [6.45, 7) is 8.74. The minimum absolute atomic E-state index is 0.506. The van der Waals surface area contributed by atoms with E-state index in [-0.39, 0.29) is 0 Å². The average Bonchev–Trinajstić information content (AvgIpc) is 2.97. The van der Waals surface area contributed by atoms with Crippen LogP contribution in [0.25, 0.3) is 0 Å². The van der Waals surface area contributed by atoms with Crippen LogP contribution >= 0.6 is 0 Å². The monoisotopic (exact) mass is 287 g/mol. The summed E-state index contributed by atoms with van der Waals surface area (Å²) in [5.74, 6) is 2.44. The number of ether oxygens (including phenoxy) is 1. The standard InChI is InChI=1S/C18H25NO2/c1-4-14(3)16-8-6-7-9-17(16)21-13-15-10-11-20-18(15)12-19-5-2/h6-11,14,19H,4-5,12-13H2,1-3H3. The summed E-state index contributed by atoms with van der Waals surface area (Å²) >= 11 is 0. The Kier molecular flexibility index (Phi) is 5.88. The molecule has 0 radical (unpaired) electrons. The molecule has 0 spiro atoms. The van der Waals surface area contributed by atoms with E-state index >= 15 is 0 Å². The first-order chi connectivity index (χ1) is 10.3. The molecule has 0 amide bonds. The summed E-state index contributed by atoms with van der Waals surface area (Å²) < 4.78 is 11.5. The summed E-state index contributed by atoms with van der Waals surface area (Å²) in [5.41, 5.74) is 2.38. The third kappa shape index (κ3) is 4.11. The molecule has 0 fully saturated rings. The van der Waals surface area contributed by atoms with Gasteiger partial charge in [-0.1, -0.05) is 39.0 Å². The Balaban J connectivity index is 2.05. The van der Waals surface area contributed by atoms with Gasteiger partial charge in [0.25, 0.3) is 0 Å². The quantitative estimate of drug-likeness (QED) is 0.777. The van der Waals surface area contributed by atoms with Crippen molar-refractivity contribution in [2.75, 3.05) is 6.54 Å².